The average Bonchev–Trinajstić information content (AvgIpc) is 2.78. The van der Waals surface area contributed by atoms with E-state index in [4.69, 9.17) is 9.72 Å². The first-order valence-electron chi connectivity index (χ1n) is 11.6. The molecule has 1 N–H and O–H groups in total. The molecule has 2 unspecified atom stereocenters. The third kappa shape index (κ3) is 4.47. The van der Waals surface area contributed by atoms with Gasteiger partial charge in [0.15, 0.2) is 0 Å². The number of ether oxygens (including phenoxy) is 1. The number of fused-ring (bicyclic) bond motifs is 1. The molecule has 3 heterocycles. The zero-order chi connectivity index (χ0) is 21.3. The predicted molar refractivity (Wildman–Crippen MR) is 115 cm³/mol. The van der Waals surface area contributed by atoms with E-state index in [9.17, 15) is 9.59 Å². The first-order chi connectivity index (χ1) is 14.5. The molecule has 0 bridgehead atoms. The van der Waals surface area contributed by atoms with E-state index in [0.717, 1.165) is 88.2 Å². The lowest BCUT2D eigenvalue weighted by Gasteiger charge is -2.36. The fraction of sp³-hybridized carbons (Fsp3) is 0.783. The third-order valence-corrected chi connectivity index (χ3v) is 7.35. The summed E-state index contributed by atoms with van der Waals surface area (Å²) in [7, 11) is 1.75. The van der Waals surface area contributed by atoms with E-state index in [2.05, 4.69) is 23.7 Å². The fourth-order valence-electron chi connectivity index (χ4n) is 5.33. The van der Waals surface area contributed by atoms with Crippen molar-refractivity contribution in [2.75, 3.05) is 26.7 Å². The number of aromatic amines is 1. The van der Waals surface area contributed by atoms with Crippen molar-refractivity contribution in [3.05, 3.63) is 27.4 Å². The molecule has 166 valence electrons. The number of aromatic nitrogens is 2. The van der Waals surface area contributed by atoms with E-state index in [0.29, 0.717) is 6.04 Å². The molecule has 0 aromatic carbocycles. The van der Waals surface area contributed by atoms with Gasteiger partial charge in [0.1, 0.15) is 5.82 Å². The van der Waals surface area contributed by atoms with Crippen LogP contribution in [0.15, 0.2) is 4.79 Å². The van der Waals surface area contributed by atoms with Gasteiger partial charge in [-0.05, 0) is 52.4 Å². The van der Waals surface area contributed by atoms with Crippen molar-refractivity contribution in [3.63, 3.8) is 0 Å². The van der Waals surface area contributed by atoms with Crippen molar-refractivity contribution >= 4 is 5.91 Å². The Balaban J connectivity index is 1.40. The number of nitrogens with one attached hydrogen (secondary N) is 1. The maximum atomic E-state index is 13.0. The van der Waals surface area contributed by atoms with Gasteiger partial charge in [-0.15, -0.1) is 0 Å². The molecule has 2 fully saturated rings. The van der Waals surface area contributed by atoms with Gasteiger partial charge in [-0.1, -0.05) is 6.42 Å². The van der Waals surface area contributed by atoms with Crippen molar-refractivity contribution in [2.24, 2.45) is 5.92 Å². The number of rotatable bonds is 4. The van der Waals surface area contributed by atoms with Gasteiger partial charge in [-0.2, -0.15) is 0 Å². The van der Waals surface area contributed by atoms with Gasteiger partial charge in [0.05, 0.1) is 11.8 Å². The first-order valence-corrected chi connectivity index (χ1v) is 11.6. The lowest BCUT2D eigenvalue weighted by Crippen LogP contribution is -2.44. The van der Waals surface area contributed by atoms with Crippen molar-refractivity contribution < 1.29 is 9.53 Å². The number of likely N-dealkylation sites (tertiary alicyclic amines) is 1. The number of hydrogen-bond donors (Lipinski definition) is 1. The second-order valence-electron chi connectivity index (χ2n) is 9.51. The highest BCUT2D eigenvalue weighted by Gasteiger charge is 2.33. The predicted octanol–water partition coefficient (Wildman–Crippen LogP) is 2.45. The number of methoxy groups -OCH3 is 1. The summed E-state index contributed by atoms with van der Waals surface area (Å²) in [6, 6.07) is 0.453. The molecule has 1 aromatic rings. The van der Waals surface area contributed by atoms with E-state index in [-0.39, 0.29) is 29.4 Å². The second kappa shape index (κ2) is 9.18. The molecule has 0 spiro atoms. The number of hydrogen-bond acceptors (Lipinski definition) is 5. The zero-order valence-corrected chi connectivity index (χ0v) is 18.7. The van der Waals surface area contributed by atoms with Crippen LogP contribution in [0.1, 0.15) is 75.4 Å². The van der Waals surface area contributed by atoms with Gasteiger partial charge in [0.25, 0.3) is 5.56 Å². The van der Waals surface area contributed by atoms with Gasteiger partial charge in [-0.25, -0.2) is 4.98 Å². The zero-order valence-electron chi connectivity index (χ0n) is 18.7. The summed E-state index contributed by atoms with van der Waals surface area (Å²) in [6.07, 6.45) is 6.68. The summed E-state index contributed by atoms with van der Waals surface area (Å²) in [5, 5.41) is 0. The third-order valence-electron chi connectivity index (χ3n) is 7.35. The Morgan fingerprint density at radius 3 is 2.63 bits per heavy atom. The van der Waals surface area contributed by atoms with Crippen LogP contribution >= 0.6 is 0 Å². The summed E-state index contributed by atoms with van der Waals surface area (Å²) in [6.45, 7) is 7.54. The normalized spacial score (nSPS) is 26.1. The first kappa shape index (κ1) is 21.5. The van der Waals surface area contributed by atoms with Crippen molar-refractivity contribution in [3.8, 4) is 0 Å². The van der Waals surface area contributed by atoms with Crippen LogP contribution in [-0.4, -0.2) is 64.6 Å². The minimum Gasteiger partial charge on any atom is -0.381 e. The van der Waals surface area contributed by atoms with Crippen LogP contribution in [0.4, 0.5) is 0 Å². The Morgan fingerprint density at radius 2 is 1.93 bits per heavy atom. The Morgan fingerprint density at radius 1 is 1.17 bits per heavy atom. The molecule has 30 heavy (non-hydrogen) atoms. The minimum atomic E-state index is 0.0322. The van der Waals surface area contributed by atoms with Crippen molar-refractivity contribution in [1.82, 2.24) is 19.8 Å². The van der Waals surface area contributed by atoms with E-state index in [1.54, 1.807) is 7.11 Å². The molecule has 3 aliphatic rings. The van der Waals surface area contributed by atoms with Gasteiger partial charge < -0.3 is 14.6 Å². The largest absolute Gasteiger partial charge is 0.381 e. The molecule has 1 saturated heterocycles. The van der Waals surface area contributed by atoms with Crippen LogP contribution in [0.5, 0.6) is 0 Å². The molecule has 1 saturated carbocycles. The second-order valence-corrected chi connectivity index (χ2v) is 9.51. The molecular formula is C23H36N4O3. The highest BCUT2D eigenvalue weighted by atomic mass is 16.5. The molecule has 2 atom stereocenters. The molecule has 1 aromatic heterocycles. The van der Waals surface area contributed by atoms with Crippen LogP contribution in [0.2, 0.25) is 0 Å². The number of carbonyl (C=O) groups is 1. The maximum absolute atomic E-state index is 13.0. The molecule has 7 heteroatoms. The Bertz CT molecular complexity index is 813. The number of carbonyl (C=O) groups excluding carboxylic acids is 1. The summed E-state index contributed by atoms with van der Waals surface area (Å²) < 4.78 is 5.50. The topological polar surface area (TPSA) is 78.5 Å². The lowest BCUT2D eigenvalue weighted by atomic mass is 9.85. The molecule has 4 rings (SSSR count). The van der Waals surface area contributed by atoms with Crippen LogP contribution in [0.25, 0.3) is 0 Å². The van der Waals surface area contributed by atoms with E-state index >= 15 is 0 Å². The lowest BCUT2D eigenvalue weighted by molar-refractivity contribution is -0.139. The van der Waals surface area contributed by atoms with E-state index < -0.39 is 0 Å². The van der Waals surface area contributed by atoms with Gasteiger partial charge >= 0.3 is 0 Å². The molecule has 7 nitrogen and oxygen atoms in total. The SMILES string of the molecule is COC1CCCC(C(=O)N2CCC(c3nc4c(c(=O)[nH]3)CCN(C(C)C)C4)CC2)C1. The molecule has 1 aliphatic carbocycles. The maximum Gasteiger partial charge on any atom is 0.254 e. The van der Waals surface area contributed by atoms with Crippen molar-refractivity contribution in [1.29, 1.82) is 0 Å². The molecule has 1 amide bonds. The molecule has 2 aliphatic heterocycles. The number of amides is 1. The van der Waals surface area contributed by atoms with Gasteiger partial charge in [0.2, 0.25) is 5.91 Å². The fourth-order valence-corrected chi connectivity index (χ4v) is 5.33. The standard InChI is InChI=1S/C23H36N4O3/c1-15(2)27-12-9-19-20(14-27)24-21(25-22(19)28)16-7-10-26(11-8-16)23(29)17-5-4-6-18(13-17)30-3/h15-18H,4-14H2,1-3H3,(H,24,25,28). The number of H-pyrrole nitrogens is 1. The van der Waals surface area contributed by atoms with E-state index in [1.165, 1.54) is 0 Å². The minimum absolute atomic E-state index is 0.0322. The average molecular weight is 417 g/mol. The summed E-state index contributed by atoms with van der Waals surface area (Å²) in [4.78, 5) is 38.0. The Kier molecular flexibility index (Phi) is 6.58. The smallest absolute Gasteiger partial charge is 0.254 e. The highest BCUT2D eigenvalue weighted by molar-refractivity contribution is 5.79. The molecule has 0 radical (unpaired) electrons. The van der Waals surface area contributed by atoms with Gasteiger partial charge in [0, 0.05) is 56.7 Å². The summed E-state index contributed by atoms with van der Waals surface area (Å²) in [5.41, 5.74) is 1.83. The molecular weight excluding hydrogens is 380 g/mol. The highest BCUT2D eigenvalue weighted by Crippen LogP contribution is 2.31. The summed E-state index contributed by atoms with van der Waals surface area (Å²) in [5.74, 6) is 1.42. The van der Waals surface area contributed by atoms with Crippen LogP contribution in [-0.2, 0) is 22.5 Å². The Hall–Kier alpha value is -1.73. The Labute approximate surface area is 179 Å². The summed E-state index contributed by atoms with van der Waals surface area (Å²) >= 11 is 0. The number of nitrogens with zero attached hydrogens (tertiary/aromatic N) is 3. The van der Waals surface area contributed by atoms with E-state index in [1.807, 2.05) is 4.90 Å². The van der Waals surface area contributed by atoms with Crippen LogP contribution in [0, 0.1) is 5.92 Å². The monoisotopic (exact) mass is 416 g/mol. The van der Waals surface area contributed by atoms with Crippen LogP contribution in [0.3, 0.4) is 0 Å². The number of piperidine rings is 1. The van der Waals surface area contributed by atoms with Crippen LogP contribution < -0.4 is 5.56 Å². The van der Waals surface area contributed by atoms with Crippen molar-refractivity contribution in [2.45, 2.75) is 83.4 Å². The van der Waals surface area contributed by atoms with Gasteiger partial charge in [-0.3, -0.25) is 14.5 Å². The quantitative estimate of drug-likeness (QED) is 0.816.